The predicted molar refractivity (Wildman–Crippen MR) is 144 cm³/mol. The molecule has 0 saturated heterocycles. The van der Waals surface area contributed by atoms with Crippen molar-refractivity contribution in [3.63, 3.8) is 0 Å². The number of aromatic nitrogens is 2. The number of aryl methyl sites for hydroxylation is 2. The largest absolute Gasteiger partial charge is 0.497 e. The number of carbonyl (C=O) groups is 1. The smallest absolute Gasteiger partial charge is 0.224 e. The Morgan fingerprint density at radius 2 is 1.69 bits per heavy atom. The summed E-state index contributed by atoms with van der Waals surface area (Å²) in [6.45, 7) is 2.13. The van der Waals surface area contributed by atoms with Crippen molar-refractivity contribution in [1.29, 1.82) is 0 Å². The van der Waals surface area contributed by atoms with Crippen LogP contribution in [-0.4, -0.2) is 35.7 Å². The molecule has 36 heavy (non-hydrogen) atoms. The van der Waals surface area contributed by atoms with Gasteiger partial charge in [-0.05, 0) is 67.3 Å². The van der Waals surface area contributed by atoms with Crippen LogP contribution in [0.25, 0.3) is 11.0 Å². The molecule has 0 fully saturated rings. The third-order valence-electron chi connectivity index (χ3n) is 6.05. The van der Waals surface area contributed by atoms with Crippen molar-refractivity contribution in [1.82, 2.24) is 14.9 Å². The molecular formula is C29H32ClN3O3. The number of ether oxygens (including phenoxy) is 2. The average molecular weight is 506 g/mol. The van der Waals surface area contributed by atoms with Crippen molar-refractivity contribution in [2.75, 3.05) is 20.3 Å². The molecule has 1 aromatic heterocycles. The molecular weight excluding hydrogens is 474 g/mol. The number of imidazole rings is 1. The lowest BCUT2D eigenvalue weighted by molar-refractivity contribution is -0.120. The van der Waals surface area contributed by atoms with E-state index in [0.717, 1.165) is 66.1 Å². The topological polar surface area (TPSA) is 65.4 Å². The van der Waals surface area contributed by atoms with E-state index < -0.39 is 0 Å². The van der Waals surface area contributed by atoms with Crippen molar-refractivity contribution < 1.29 is 14.3 Å². The van der Waals surface area contributed by atoms with Gasteiger partial charge in [-0.3, -0.25) is 4.79 Å². The van der Waals surface area contributed by atoms with E-state index >= 15 is 0 Å². The zero-order valence-corrected chi connectivity index (χ0v) is 21.3. The van der Waals surface area contributed by atoms with Crippen LogP contribution >= 0.6 is 11.6 Å². The Labute approximate surface area is 217 Å². The van der Waals surface area contributed by atoms with Crippen molar-refractivity contribution in [3.8, 4) is 11.5 Å². The van der Waals surface area contributed by atoms with E-state index in [1.807, 2.05) is 60.7 Å². The molecule has 1 heterocycles. The van der Waals surface area contributed by atoms with E-state index in [4.69, 9.17) is 26.1 Å². The lowest BCUT2D eigenvalue weighted by Gasteiger charge is -2.11. The maximum Gasteiger partial charge on any atom is 0.224 e. The highest BCUT2D eigenvalue weighted by atomic mass is 35.5. The molecule has 0 radical (unpaired) electrons. The fourth-order valence-corrected chi connectivity index (χ4v) is 4.35. The quantitative estimate of drug-likeness (QED) is 0.231. The second-order valence-corrected chi connectivity index (χ2v) is 9.03. The van der Waals surface area contributed by atoms with E-state index in [9.17, 15) is 4.79 Å². The van der Waals surface area contributed by atoms with Crippen molar-refractivity contribution in [3.05, 3.63) is 89.2 Å². The van der Waals surface area contributed by atoms with Crippen LogP contribution in [-0.2, 0) is 24.2 Å². The van der Waals surface area contributed by atoms with Gasteiger partial charge in [0.2, 0.25) is 5.91 Å². The molecule has 0 spiro atoms. The highest BCUT2D eigenvalue weighted by Gasteiger charge is 2.11. The van der Waals surface area contributed by atoms with Gasteiger partial charge in [0.05, 0.1) is 31.2 Å². The van der Waals surface area contributed by atoms with Gasteiger partial charge in [-0.1, -0.05) is 41.9 Å². The number of carbonyl (C=O) groups excluding carboxylic acids is 1. The summed E-state index contributed by atoms with van der Waals surface area (Å²) in [5.74, 6) is 2.70. The number of benzene rings is 3. The van der Waals surface area contributed by atoms with Crippen LogP contribution in [0, 0.1) is 0 Å². The number of fused-ring (bicyclic) bond motifs is 1. The van der Waals surface area contributed by atoms with Crippen molar-refractivity contribution in [2.24, 2.45) is 0 Å². The first-order chi connectivity index (χ1) is 17.6. The Balaban J connectivity index is 1.25. The summed E-state index contributed by atoms with van der Waals surface area (Å²) in [4.78, 5) is 17.2. The van der Waals surface area contributed by atoms with E-state index in [1.54, 1.807) is 13.2 Å². The lowest BCUT2D eigenvalue weighted by Crippen LogP contribution is -2.26. The van der Waals surface area contributed by atoms with Gasteiger partial charge in [0.15, 0.2) is 0 Å². The Hall–Kier alpha value is -3.51. The normalized spacial score (nSPS) is 10.9. The first kappa shape index (κ1) is 25.6. The highest BCUT2D eigenvalue weighted by molar-refractivity contribution is 6.31. The number of nitrogens with one attached hydrogen (secondary N) is 1. The number of para-hydroxylation sites is 2. The van der Waals surface area contributed by atoms with E-state index in [-0.39, 0.29) is 12.3 Å². The number of rotatable bonds is 13. The van der Waals surface area contributed by atoms with Gasteiger partial charge in [-0.25, -0.2) is 4.98 Å². The summed E-state index contributed by atoms with van der Waals surface area (Å²) in [6, 6.07) is 23.3. The molecule has 188 valence electrons. The summed E-state index contributed by atoms with van der Waals surface area (Å²) in [5.41, 5.74) is 2.99. The van der Waals surface area contributed by atoms with E-state index in [0.29, 0.717) is 18.2 Å². The minimum Gasteiger partial charge on any atom is -0.497 e. The molecule has 1 N–H and O–H groups in total. The van der Waals surface area contributed by atoms with Crippen LogP contribution in [0.3, 0.4) is 0 Å². The summed E-state index contributed by atoms with van der Waals surface area (Å²) >= 11 is 6.17. The second-order valence-electron chi connectivity index (χ2n) is 8.62. The molecule has 1 amide bonds. The molecule has 3 aromatic carbocycles. The third-order valence-corrected chi connectivity index (χ3v) is 6.41. The first-order valence-corrected chi connectivity index (χ1v) is 12.7. The molecule has 4 aromatic rings. The molecule has 0 atom stereocenters. The Bertz CT molecular complexity index is 1270. The fraction of sp³-hybridized carbons (Fsp3) is 0.310. The van der Waals surface area contributed by atoms with Crippen LogP contribution in [0.4, 0.5) is 0 Å². The summed E-state index contributed by atoms with van der Waals surface area (Å²) in [6.07, 6.45) is 3.83. The van der Waals surface area contributed by atoms with Gasteiger partial charge in [-0.15, -0.1) is 0 Å². The van der Waals surface area contributed by atoms with Crippen LogP contribution in [0.1, 0.15) is 30.7 Å². The summed E-state index contributed by atoms with van der Waals surface area (Å²) in [7, 11) is 1.66. The molecule has 0 aliphatic carbocycles. The lowest BCUT2D eigenvalue weighted by atomic mass is 10.1. The van der Waals surface area contributed by atoms with Crippen LogP contribution in [0.5, 0.6) is 11.5 Å². The van der Waals surface area contributed by atoms with E-state index in [1.165, 1.54) is 0 Å². The summed E-state index contributed by atoms with van der Waals surface area (Å²) in [5, 5.41) is 3.63. The number of nitrogens with zero attached hydrogens (tertiary/aromatic N) is 2. The number of methoxy groups -OCH3 is 1. The number of unbranched alkanes of at least 4 members (excludes halogenated alkanes) is 1. The zero-order valence-electron chi connectivity index (χ0n) is 20.6. The molecule has 0 aliphatic rings. The van der Waals surface area contributed by atoms with Crippen molar-refractivity contribution in [2.45, 2.75) is 38.6 Å². The maximum absolute atomic E-state index is 12.3. The highest BCUT2D eigenvalue weighted by Crippen LogP contribution is 2.20. The van der Waals surface area contributed by atoms with Crippen molar-refractivity contribution >= 4 is 28.5 Å². The predicted octanol–water partition coefficient (Wildman–Crippen LogP) is 5.85. The molecule has 6 nitrogen and oxygen atoms in total. The van der Waals surface area contributed by atoms with Gasteiger partial charge < -0.3 is 19.4 Å². The minimum absolute atomic E-state index is 0.0199. The van der Waals surface area contributed by atoms with E-state index in [2.05, 4.69) is 16.0 Å². The van der Waals surface area contributed by atoms with Gasteiger partial charge in [0.1, 0.15) is 17.3 Å². The Morgan fingerprint density at radius 1 is 0.944 bits per heavy atom. The van der Waals surface area contributed by atoms with Crippen LogP contribution in [0.2, 0.25) is 5.02 Å². The third kappa shape index (κ3) is 7.01. The molecule has 7 heteroatoms. The minimum atomic E-state index is -0.0199. The second kappa shape index (κ2) is 13.0. The summed E-state index contributed by atoms with van der Waals surface area (Å²) < 4.78 is 13.4. The monoisotopic (exact) mass is 505 g/mol. The number of hydrogen-bond acceptors (Lipinski definition) is 4. The zero-order chi connectivity index (χ0) is 25.2. The Kier molecular flexibility index (Phi) is 9.22. The molecule has 0 bridgehead atoms. The van der Waals surface area contributed by atoms with Crippen LogP contribution in [0.15, 0.2) is 72.8 Å². The van der Waals surface area contributed by atoms with Gasteiger partial charge in [-0.2, -0.15) is 0 Å². The molecule has 0 unspecified atom stereocenters. The SMILES string of the molecule is COc1ccc(OCCCCn2c(CCCNC(=O)Cc3ccccc3Cl)nc3ccccc32)cc1. The Morgan fingerprint density at radius 3 is 2.50 bits per heavy atom. The number of amides is 1. The fourth-order valence-electron chi connectivity index (χ4n) is 4.15. The first-order valence-electron chi connectivity index (χ1n) is 12.3. The maximum atomic E-state index is 12.3. The van der Waals surface area contributed by atoms with Gasteiger partial charge in [0, 0.05) is 24.5 Å². The molecule has 4 rings (SSSR count). The average Bonchev–Trinajstić information content (AvgIpc) is 3.25. The van der Waals surface area contributed by atoms with Crippen LogP contribution < -0.4 is 14.8 Å². The number of hydrogen-bond donors (Lipinski definition) is 1. The standard InChI is InChI=1S/C29H32ClN3O3/c1-35-23-14-16-24(17-15-23)36-20-7-6-19-33-27-12-5-4-11-26(27)32-28(33)13-8-18-31-29(34)21-22-9-2-3-10-25(22)30/h2-5,9-12,14-17H,6-8,13,18-21H2,1H3,(H,31,34). The van der Waals surface area contributed by atoms with Gasteiger partial charge in [0.25, 0.3) is 0 Å². The number of halogens is 1. The molecule has 0 saturated carbocycles. The molecule has 0 aliphatic heterocycles. The van der Waals surface area contributed by atoms with Gasteiger partial charge >= 0.3 is 0 Å².